The van der Waals surface area contributed by atoms with Crippen molar-refractivity contribution in [2.45, 2.75) is 38.3 Å². The van der Waals surface area contributed by atoms with Crippen LogP contribution in [0.4, 0.5) is 10.1 Å². The van der Waals surface area contributed by atoms with E-state index < -0.39 is 17.3 Å². The lowest BCUT2D eigenvalue weighted by molar-refractivity contribution is 0.0694. The first-order valence-electron chi connectivity index (χ1n) is 8.59. The Kier molecular flexibility index (Phi) is 4.81. The largest absolute Gasteiger partial charge is 0.488 e. The van der Waals surface area contributed by atoms with Crippen LogP contribution in [-0.2, 0) is 0 Å². The number of nitrogens with two attached hydrogens (primary N) is 1. The summed E-state index contributed by atoms with van der Waals surface area (Å²) in [5.74, 6) is -1.79. The number of anilines is 1. The third-order valence-electron chi connectivity index (χ3n) is 5.30. The van der Waals surface area contributed by atoms with Gasteiger partial charge in [-0.2, -0.15) is 0 Å². The molecule has 1 unspecified atom stereocenters. The first-order valence-corrected chi connectivity index (χ1v) is 8.59. The van der Waals surface area contributed by atoms with Crippen molar-refractivity contribution in [2.24, 2.45) is 5.73 Å². The summed E-state index contributed by atoms with van der Waals surface area (Å²) in [4.78, 5) is 25.8. The standard InChI is InChI=1S/C18H20FN3O4.ClH/c1-8-7-26-16-14-11(8)4-12(18(24)25)17(23)22(14)6-13(19)15(16)21-5-10(20)3-9(21)2;/h4,6,8-10H,3,5,7,20H2,1-2H3,(H,24,25);1H/t8?,9-,10-;/m0./s1. The number of ether oxygens (including phenoxy) is 1. The highest BCUT2D eigenvalue weighted by Gasteiger charge is 2.35. The van der Waals surface area contributed by atoms with Gasteiger partial charge in [-0.3, -0.25) is 9.20 Å². The summed E-state index contributed by atoms with van der Waals surface area (Å²) >= 11 is 0. The Labute approximate surface area is 160 Å². The van der Waals surface area contributed by atoms with Crippen LogP contribution in [0.3, 0.4) is 0 Å². The van der Waals surface area contributed by atoms with E-state index in [-0.39, 0.29) is 48.3 Å². The Morgan fingerprint density at radius 1 is 1.41 bits per heavy atom. The zero-order chi connectivity index (χ0) is 18.7. The summed E-state index contributed by atoms with van der Waals surface area (Å²) in [5, 5.41) is 9.32. The topological polar surface area (TPSA) is 97.3 Å². The maximum Gasteiger partial charge on any atom is 0.341 e. The van der Waals surface area contributed by atoms with Gasteiger partial charge >= 0.3 is 5.97 Å². The zero-order valence-electron chi connectivity index (χ0n) is 14.9. The molecule has 2 aliphatic heterocycles. The van der Waals surface area contributed by atoms with E-state index in [1.165, 1.54) is 6.07 Å². The van der Waals surface area contributed by atoms with Gasteiger partial charge in [0, 0.05) is 24.5 Å². The molecule has 0 bridgehead atoms. The summed E-state index contributed by atoms with van der Waals surface area (Å²) in [6.07, 6.45) is 1.79. The van der Waals surface area contributed by atoms with Gasteiger partial charge in [-0.25, -0.2) is 9.18 Å². The van der Waals surface area contributed by atoms with Crippen molar-refractivity contribution in [2.75, 3.05) is 18.1 Å². The normalized spacial score (nSPS) is 23.9. The predicted octanol–water partition coefficient (Wildman–Crippen LogP) is 1.98. The van der Waals surface area contributed by atoms with Crippen LogP contribution in [0.15, 0.2) is 17.1 Å². The molecule has 4 heterocycles. The third kappa shape index (κ3) is 2.83. The molecule has 2 aromatic heterocycles. The second-order valence-corrected chi connectivity index (χ2v) is 7.21. The van der Waals surface area contributed by atoms with Gasteiger partial charge in [0.25, 0.3) is 5.56 Å². The number of nitrogens with zero attached hydrogens (tertiary/aromatic N) is 2. The molecule has 27 heavy (non-hydrogen) atoms. The van der Waals surface area contributed by atoms with Gasteiger partial charge in [0.05, 0.1) is 18.3 Å². The molecule has 3 atom stereocenters. The Morgan fingerprint density at radius 2 is 2.11 bits per heavy atom. The Morgan fingerprint density at radius 3 is 2.70 bits per heavy atom. The van der Waals surface area contributed by atoms with Crippen molar-refractivity contribution in [3.63, 3.8) is 0 Å². The minimum Gasteiger partial charge on any atom is -0.488 e. The molecule has 0 saturated carbocycles. The number of aromatic carboxylic acids is 1. The average molecular weight is 398 g/mol. The molecule has 9 heteroatoms. The minimum atomic E-state index is -1.33. The van der Waals surface area contributed by atoms with Gasteiger partial charge in [0.2, 0.25) is 0 Å². The van der Waals surface area contributed by atoms with Gasteiger partial charge in [-0.05, 0) is 25.0 Å². The molecule has 2 aromatic rings. The van der Waals surface area contributed by atoms with E-state index >= 15 is 4.39 Å². The van der Waals surface area contributed by atoms with Crippen molar-refractivity contribution in [1.29, 1.82) is 0 Å². The van der Waals surface area contributed by atoms with Crippen LogP contribution >= 0.6 is 12.4 Å². The lowest BCUT2D eigenvalue weighted by Gasteiger charge is -2.31. The lowest BCUT2D eigenvalue weighted by atomic mass is 9.96. The SMILES string of the molecule is CC1COc2c(N3C[C@@H](N)C[C@@H]3C)c(F)cn3c(=O)c(C(=O)O)cc1c23.Cl. The van der Waals surface area contributed by atoms with E-state index in [4.69, 9.17) is 10.5 Å². The van der Waals surface area contributed by atoms with E-state index in [0.29, 0.717) is 23.3 Å². The van der Waals surface area contributed by atoms with Gasteiger partial charge in [-0.15, -0.1) is 12.4 Å². The fourth-order valence-corrected chi connectivity index (χ4v) is 4.03. The lowest BCUT2D eigenvalue weighted by Crippen LogP contribution is -2.33. The highest BCUT2D eigenvalue weighted by molar-refractivity contribution is 5.90. The number of hydrogen-bond acceptors (Lipinski definition) is 5. The Balaban J connectivity index is 0.00000210. The molecule has 1 saturated heterocycles. The Bertz CT molecular complexity index is 993. The average Bonchev–Trinajstić information content (AvgIpc) is 2.90. The molecule has 7 nitrogen and oxygen atoms in total. The van der Waals surface area contributed by atoms with Crippen LogP contribution in [0.2, 0.25) is 0 Å². The quantitative estimate of drug-likeness (QED) is 0.804. The van der Waals surface area contributed by atoms with Crippen molar-refractivity contribution in [3.8, 4) is 5.75 Å². The fourth-order valence-electron chi connectivity index (χ4n) is 4.03. The van der Waals surface area contributed by atoms with Crippen LogP contribution in [0.25, 0.3) is 5.52 Å². The molecule has 1 fully saturated rings. The van der Waals surface area contributed by atoms with E-state index in [9.17, 15) is 14.7 Å². The summed E-state index contributed by atoms with van der Waals surface area (Å²) in [6, 6.07) is 1.36. The monoisotopic (exact) mass is 397 g/mol. The van der Waals surface area contributed by atoms with Gasteiger partial charge in [0.15, 0.2) is 11.6 Å². The number of carbonyl (C=O) groups is 1. The molecule has 0 aliphatic carbocycles. The number of hydrogen-bond donors (Lipinski definition) is 2. The van der Waals surface area contributed by atoms with Crippen molar-refractivity contribution >= 4 is 29.6 Å². The number of halogens is 2. The number of carboxylic acid groups (broad SMARTS) is 1. The minimum absolute atomic E-state index is 0. The summed E-state index contributed by atoms with van der Waals surface area (Å²) in [6.45, 7) is 4.62. The van der Waals surface area contributed by atoms with Gasteiger partial charge in [-0.1, -0.05) is 6.92 Å². The zero-order valence-corrected chi connectivity index (χ0v) is 15.8. The summed E-state index contributed by atoms with van der Waals surface area (Å²) < 4.78 is 21.9. The molecule has 3 N–H and O–H groups in total. The smallest absolute Gasteiger partial charge is 0.341 e. The summed E-state index contributed by atoms with van der Waals surface area (Å²) in [5.41, 5.74) is 6.27. The fraction of sp³-hybridized carbons (Fsp3) is 0.444. The second-order valence-electron chi connectivity index (χ2n) is 7.21. The van der Waals surface area contributed by atoms with Crippen molar-refractivity contribution in [3.05, 3.63) is 39.6 Å². The molecular weight excluding hydrogens is 377 g/mol. The molecular formula is C18H21ClFN3O4. The number of aromatic nitrogens is 1. The molecule has 0 aromatic carbocycles. The van der Waals surface area contributed by atoms with E-state index in [1.807, 2.05) is 18.7 Å². The molecule has 2 aliphatic rings. The van der Waals surface area contributed by atoms with Crippen molar-refractivity contribution < 1.29 is 19.0 Å². The predicted molar refractivity (Wildman–Crippen MR) is 101 cm³/mol. The maximum absolute atomic E-state index is 15.0. The number of pyridine rings is 2. The van der Waals surface area contributed by atoms with Gasteiger partial charge < -0.3 is 20.5 Å². The molecule has 0 amide bonds. The van der Waals surface area contributed by atoms with E-state index in [2.05, 4.69) is 0 Å². The molecule has 0 radical (unpaired) electrons. The van der Waals surface area contributed by atoms with Crippen LogP contribution in [0.1, 0.15) is 42.1 Å². The van der Waals surface area contributed by atoms with E-state index in [1.54, 1.807) is 0 Å². The molecule has 0 spiro atoms. The van der Waals surface area contributed by atoms with Crippen LogP contribution in [-0.4, -0.2) is 40.7 Å². The molecule has 4 rings (SSSR count). The summed E-state index contributed by atoms with van der Waals surface area (Å²) in [7, 11) is 0. The number of carboxylic acids is 1. The number of rotatable bonds is 2. The maximum atomic E-state index is 15.0. The first-order chi connectivity index (χ1) is 12.3. The van der Waals surface area contributed by atoms with Crippen LogP contribution in [0.5, 0.6) is 5.75 Å². The van der Waals surface area contributed by atoms with Gasteiger partial charge in [0.1, 0.15) is 11.3 Å². The van der Waals surface area contributed by atoms with E-state index in [0.717, 1.165) is 17.0 Å². The van der Waals surface area contributed by atoms with Crippen LogP contribution in [0, 0.1) is 5.82 Å². The molecule has 146 valence electrons. The highest BCUT2D eigenvalue weighted by atomic mass is 35.5. The van der Waals surface area contributed by atoms with Crippen LogP contribution < -0.4 is 20.9 Å². The highest BCUT2D eigenvalue weighted by Crippen LogP contribution is 2.43. The first kappa shape index (κ1) is 19.4. The second kappa shape index (κ2) is 6.69. The van der Waals surface area contributed by atoms with Crippen molar-refractivity contribution in [1.82, 2.24) is 4.40 Å². The third-order valence-corrected chi connectivity index (χ3v) is 5.30. The Hall–Kier alpha value is -2.32.